The lowest BCUT2D eigenvalue weighted by Crippen LogP contribution is -2.55. The third-order valence-corrected chi connectivity index (χ3v) is 7.28. The van der Waals surface area contributed by atoms with Gasteiger partial charge in [-0.15, -0.1) is 0 Å². The van der Waals surface area contributed by atoms with Crippen LogP contribution in [0, 0.1) is 32.1 Å². The van der Waals surface area contributed by atoms with Crippen molar-refractivity contribution in [3.63, 3.8) is 0 Å². The number of nitrogens with two attached hydrogens (primary N) is 1. The molecule has 3 aliphatic heterocycles. The Balaban J connectivity index is 2.06. The second kappa shape index (κ2) is 6.04. The molecule has 0 bridgehead atoms. The molecule has 1 amide bonds. The summed E-state index contributed by atoms with van der Waals surface area (Å²) < 4.78 is 11.1. The summed E-state index contributed by atoms with van der Waals surface area (Å²) in [6.07, 6.45) is 0.747. The molecular weight excluding hydrogens is 406 g/mol. The predicted octanol–water partition coefficient (Wildman–Crippen LogP) is 3.57. The number of hydrogen-bond donors (Lipinski definition) is 1. The van der Waals surface area contributed by atoms with Crippen molar-refractivity contribution in [1.82, 2.24) is 0 Å². The third-order valence-electron chi connectivity index (χ3n) is 7.28. The maximum atomic E-state index is 14.5. The molecule has 3 aliphatic rings. The van der Waals surface area contributed by atoms with Crippen molar-refractivity contribution in [2.75, 3.05) is 4.90 Å². The monoisotopic (exact) mass is 431 g/mol. The first-order valence-corrected chi connectivity index (χ1v) is 10.7. The quantitative estimate of drug-likeness (QED) is 0.683. The van der Waals surface area contributed by atoms with Crippen molar-refractivity contribution >= 4 is 11.6 Å². The van der Waals surface area contributed by atoms with Crippen LogP contribution in [0.5, 0.6) is 5.75 Å². The number of carbonyl (C=O) groups excluding carboxylic acids is 1. The lowest BCUT2D eigenvalue weighted by molar-refractivity contribution is -0.122. The third kappa shape index (κ3) is 2.15. The first-order valence-electron chi connectivity index (χ1n) is 10.7. The standard InChI is InChI=1S/C25H25N3O4/c1-11-7-15-12(2)9-24(5,6)28-20(15)18(14(11)4)25(23(28)30)16(10-26)21(27)32-17-8-13(3)31-22(29)19(17)25/h7-8,12H,9,27H2,1-6H3/t12-,25+/m1/s1. The van der Waals surface area contributed by atoms with Gasteiger partial charge in [0.25, 0.3) is 0 Å². The van der Waals surface area contributed by atoms with Crippen molar-refractivity contribution in [3.8, 4) is 11.8 Å². The maximum absolute atomic E-state index is 14.5. The highest BCUT2D eigenvalue weighted by atomic mass is 16.5. The molecule has 1 aromatic heterocycles. The molecule has 1 spiro atoms. The van der Waals surface area contributed by atoms with Crippen LogP contribution in [0.3, 0.4) is 0 Å². The molecule has 1 aromatic carbocycles. The van der Waals surface area contributed by atoms with Crippen LogP contribution in [0.25, 0.3) is 0 Å². The molecule has 32 heavy (non-hydrogen) atoms. The lowest BCUT2D eigenvalue weighted by atomic mass is 9.67. The highest BCUT2D eigenvalue weighted by Gasteiger charge is 2.65. The van der Waals surface area contributed by atoms with Gasteiger partial charge in [-0.3, -0.25) is 4.79 Å². The number of aryl methyl sites for hydroxylation is 2. The normalized spacial score (nSPS) is 24.8. The van der Waals surface area contributed by atoms with Crippen LogP contribution in [-0.2, 0) is 10.2 Å². The molecule has 7 heteroatoms. The number of ether oxygens (including phenoxy) is 1. The van der Waals surface area contributed by atoms with E-state index in [1.807, 2.05) is 27.7 Å². The molecule has 4 heterocycles. The number of anilines is 1. The Morgan fingerprint density at radius 2 is 1.88 bits per heavy atom. The van der Waals surface area contributed by atoms with E-state index in [1.165, 1.54) is 0 Å². The summed E-state index contributed by atoms with van der Waals surface area (Å²) in [4.78, 5) is 29.6. The van der Waals surface area contributed by atoms with Gasteiger partial charge in [0.15, 0.2) is 5.41 Å². The Morgan fingerprint density at radius 1 is 1.19 bits per heavy atom. The summed E-state index contributed by atoms with van der Waals surface area (Å²) >= 11 is 0. The van der Waals surface area contributed by atoms with Crippen LogP contribution in [0.15, 0.2) is 32.8 Å². The van der Waals surface area contributed by atoms with Crippen molar-refractivity contribution in [1.29, 1.82) is 5.26 Å². The van der Waals surface area contributed by atoms with Crippen LogP contribution in [0.2, 0.25) is 0 Å². The molecule has 0 aliphatic carbocycles. The van der Waals surface area contributed by atoms with E-state index in [0.717, 1.165) is 28.8 Å². The SMILES string of the molecule is Cc1cc2c(c(=O)o1)[C@]1(C(=O)N3c4c(cc(C)c(C)c41)[C@H](C)CC3(C)C)C(C#N)=C(N)O2. The van der Waals surface area contributed by atoms with E-state index in [9.17, 15) is 14.9 Å². The van der Waals surface area contributed by atoms with Gasteiger partial charge in [0.2, 0.25) is 11.8 Å². The summed E-state index contributed by atoms with van der Waals surface area (Å²) in [6.45, 7) is 11.7. The van der Waals surface area contributed by atoms with Crippen LogP contribution >= 0.6 is 0 Å². The lowest BCUT2D eigenvalue weighted by Gasteiger charge is -2.44. The molecule has 0 fully saturated rings. The summed E-state index contributed by atoms with van der Waals surface area (Å²) in [5, 5.41) is 10.2. The Bertz CT molecular complexity index is 1380. The topological polar surface area (TPSA) is 110 Å². The zero-order chi connectivity index (χ0) is 23.3. The van der Waals surface area contributed by atoms with Gasteiger partial charge in [0.05, 0.1) is 5.69 Å². The molecule has 7 nitrogen and oxygen atoms in total. The van der Waals surface area contributed by atoms with Gasteiger partial charge in [0.1, 0.15) is 28.7 Å². The highest BCUT2D eigenvalue weighted by molar-refractivity contribution is 6.16. The zero-order valence-corrected chi connectivity index (χ0v) is 19.0. The van der Waals surface area contributed by atoms with Gasteiger partial charge in [-0.25, -0.2) is 4.79 Å². The zero-order valence-electron chi connectivity index (χ0n) is 19.0. The minimum Gasteiger partial charge on any atom is -0.440 e. The maximum Gasteiger partial charge on any atom is 0.344 e. The number of nitriles is 1. The number of amides is 1. The van der Waals surface area contributed by atoms with Crippen molar-refractivity contribution in [2.45, 2.75) is 64.8 Å². The Morgan fingerprint density at radius 3 is 2.53 bits per heavy atom. The summed E-state index contributed by atoms with van der Waals surface area (Å²) in [5.74, 6) is 0.152. The van der Waals surface area contributed by atoms with Gasteiger partial charge >= 0.3 is 5.63 Å². The molecular formula is C25H25N3O4. The Labute approximate surface area is 186 Å². The van der Waals surface area contributed by atoms with E-state index >= 15 is 0 Å². The Hall–Kier alpha value is -3.53. The second-order valence-electron chi connectivity index (χ2n) is 9.78. The molecule has 2 N–H and O–H groups in total. The molecule has 0 radical (unpaired) electrons. The predicted molar refractivity (Wildman–Crippen MR) is 118 cm³/mol. The van der Waals surface area contributed by atoms with Crippen molar-refractivity contribution in [3.05, 3.63) is 67.6 Å². The van der Waals surface area contributed by atoms with Gasteiger partial charge in [-0.05, 0) is 63.6 Å². The first kappa shape index (κ1) is 20.4. The average Bonchev–Trinajstić information content (AvgIpc) is 2.93. The number of nitrogens with zero attached hydrogens (tertiary/aromatic N) is 2. The molecule has 2 atom stereocenters. The molecule has 0 saturated carbocycles. The van der Waals surface area contributed by atoms with Gasteiger partial charge < -0.3 is 19.8 Å². The fourth-order valence-electron chi connectivity index (χ4n) is 5.99. The highest BCUT2D eigenvalue weighted by Crippen LogP contribution is 2.61. The number of fused-ring (bicyclic) bond motifs is 3. The van der Waals surface area contributed by atoms with Gasteiger partial charge in [-0.2, -0.15) is 5.26 Å². The second-order valence-corrected chi connectivity index (χ2v) is 9.78. The largest absolute Gasteiger partial charge is 0.440 e. The van der Waals surface area contributed by atoms with E-state index in [0.29, 0.717) is 11.3 Å². The summed E-state index contributed by atoms with van der Waals surface area (Å²) in [6, 6.07) is 5.78. The summed E-state index contributed by atoms with van der Waals surface area (Å²) in [7, 11) is 0. The summed E-state index contributed by atoms with van der Waals surface area (Å²) in [5.41, 5.74) is 7.53. The smallest absolute Gasteiger partial charge is 0.344 e. The fraction of sp³-hybridized carbons (Fsp3) is 0.400. The van der Waals surface area contributed by atoms with Crippen molar-refractivity contribution < 1.29 is 13.9 Å². The molecule has 2 aromatic rings. The molecule has 0 unspecified atom stereocenters. The molecule has 0 saturated heterocycles. The number of benzene rings is 1. The average molecular weight is 431 g/mol. The van der Waals surface area contributed by atoms with Crippen LogP contribution in [0.4, 0.5) is 5.69 Å². The van der Waals surface area contributed by atoms with Gasteiger partial charge in [-0.1, -0.05) is 13.0 Å². The van der Waals surface area contributed by atoms with Gasteiger partial charge in [0, 0.05) is 17.2 Å². The van der Waals surface area contributed by atoms with E-state index in [4.69, 9.17) is 14.9 Å². The van der Waals surface area contributed by atoms with E-state index < -0.39 is 16.6 Å². The minimum atomic E-state index is -1.71. The number of carbonyl (C=O) groups is 1. The van der Waals surface area contributed by atoms with E-state index in [1.54, 1.807) is 17.9 Å². The fourth-order valence-corrected chi connectivity index (χ4v) is 5.99. The van der Waals surface area contributed by atoms with Crippen LogP contribution in [0.1, 0.15) is 66.7 Å². The number of hydrogen-bond acceptors (Lipinski definition) is 6. The Kier molecular flexibility index (Phi) is 3.84. The minimum absolute atomic E-state index is 0.0209. The van der Waals surface area contributed by atoms with Crippen LogP contribution < -0.4 is 21.0 Å². The van der Waals surface area contributed by atoms with Crippen LogP contribution in [-0.4, -0.2) is 11.4 Å². The van der Waals surface area contributed by atoms with E-state index in [2.05, 4.69) is 19.1 Å². The number of rotatable bonds is 0. The van der Waals surface area contributed by atoms with Crippen molar-refractivity contribution in [2.24, 2.45) is 5.73 Å². The first-order chi connectivity index (χ1) is 15.0. The van der Waals surface area contributed by atoms with E-state index in [-0.39, 0.29) is 34.6 Å². The molecule has 164 valence electrons. The molecule has 5 rings (SSSR count).